The van der Waals surface area contributed by atoms with E-state index in [9.17, 15) is 0 Å². The van der Waals surface area contributed by atoms with Crippen LogP contribution in [0.4, 0.5) is 0 Å². The Morgan fingerprint density at radius 1 is 1.54 bits per heavy atom. The van der Waals surface area contributed by atoms with E-state index in [1.54, 1.807) is 0 Å². The van der Waals surface area contributed by atoms with Crippen LogP contribution in [0.3, 0.4) is 0 Å². The van der Waals surface area contributed by atoms with E-state index < -0.39 is 0 Å². The van der Waals surface area contributed by atoms with Gasteiger partial charge in [0.1, 0.15) is 11.9 Å². The molecule has 1 aliphatic rings. The molecular formula is C10H12INO. The molecular weight excluding hydrogens is 277 g/mol. The number of fused-ring (bicyclic) bond motifs is 1. The zero-order chi connectivity index (χ0) is 9.42. The fourth-order valence-corrected chi connectivity index (χ4v) is 2.18. The number of benzene rings is 1. The third kappa shape index (κ3) is 1.55. The third-order valence-corrected chi connectivity index (χ3v) is 3.08. The number of hydrogen-bond acceptors (Lipinski definition) is 2. The van der Waals surface area contributed by atoms with E-state index in [-0.39, 0.29) is 12.1 Å². The number of hydrogen-bond donors (Lipinski definition) is 1. The number of nitrogens with two attached hydrogens (primary N) is 1. The van der Waals surface area contributed by atoms with Gasteiger partial charge in [0.2, 0.25) is 0 Å². The van der Waals surface area contributed by atoms with Crippen molar-refractivity contribution in [3.8, 4) is 5.75 Å². The molecule has 0 saturated carbocycles. The van der Waals surface area contributed by atoms with Crippen molar-refractivity contribution in [1.82, 2.24) is 0 Å². The molecule has 70 valence electrons. The zero-order valence-corrected chi connectivity index (χ0v) is 9.61. The Balaban J connectivity index is 2.39. The van der Waals surface area contributed by atoms with Crippen LogP contribution in [-0.4, -0.2) is 6.10 Å². The summed E-state index contributed by atoms with van der Waals surface area (Å²) < 4.78 is 6.91. The second-order valence-electron chi connectivity index (χ2n) is 3.27. The molecule has 2 N–H and O–H groups in total. The lowest BCUT2D eigenvalue weighted by molar-refractivity contribution is 0.202. The lowest BCUT2D eigenvalue weighted by Crippen LogP contribution is -2.24. The molecule has 2 atom stereocenters. The highest BCUT2D eigenvalue weighted by Crippen LogP contribution is 2.36. The molecule has 2 unspecified atom stereocenters. The average molecular weight is 289 g/mol. The summed E-state index contributed by atoms with van der Waals surface area (Å²) in [5.41, 5.74) is 7.19. The predicted octanol–water partition coefficient (Wildman–Crippen LogP) is 2.46. The lowest BCUT2D eigenvalue weighted by atomic mass is 10.0. The molecule has 1 heterocycles. The maximum absolute atomic E-state index is 6.04. The molecule has 0 spiro atoms. The molecule has 3 heteroatoms. The van der Waals surface area contributed by atoms with E-state index in [0.29, 0.717) is 0 Å². The summed E-state index contributed by atoms with van der Waals surface area (Å²) in [5, 5.41) is 0. The topological polar surface area (TPSA) is 35.2 Å². The first-order valence-electron chi connectivity index (χ1n) is 4.44. The molecule has 13 heavy (non-hydrogen) atoms. The molecule has 2 nitrogen and oxygen atoms in total. The Bertz CT molecular complexity index is 327. The first-order chi connectivity index (χ1) is 6.22. The first kappa shape index (κ1) is 9.27. The molecule has 0 radical (unpaired) electrons. The van der Waals surface area contributed by atoms with Crippen molar-refractivity contribution >= 4 is 22.6 Å². The molecule has 0 aromatic heterocycles. The van der Waals surface area contributed by atoms with Gasteiger partial charge in [-0.2, -0.15) is 0 Å². The number of ether oxygens (including phenoxy) is 1. The normalized spacial score (nSPS) is 25.5. The van der Waals surface area contributed by atoms with Gasteiger partial charge in [-0.15, -0.1) is 0 Å². The van der Waals surface area contributed by atoms with Crippen molar-refractivity contribution < 1.29 is 4.74 Å². The first-order valence-corrected chi connectivity index (χ1v) is 5.52. The molecule has 0 aliphatic carbocycles. The third-order valence-electron chi connectivity index (χ3n) is 2.41. The van der Waals surface area contributed by atoms with Crippen molar-refractivity contribution in [1.29, 1.82) is 0 Å². The second kappa shape index (κ2) is 3.46. The summed E-state index contributed by atoms with van der Waals surface area (Å²) >= 11 is 2.29. The van der Waals surface area contributed by atoms with Crippen LogP contribution in [0.5, 0.6) is 5.75 Å². The van der Waals surface area contributed by atoms with Gasteiger partial charge in [-0.25, -0.2) is 0 Å². The Labute approximate surface area is 91.6 Å². The van der Waals surface area contributed by atoms with Crippen molar-refractivity contribution in [2.75, 3.05) is 0 Å². The minimum absolute atomic E-state index is 0.0507. The van der Waals surface area contributed by atoms with E-state index in [0.717, 1.165) is 17.7 Å². The van der Waals surface area contributed by atoms with Gasteiger partial charge in [0, 0.05) is 9.13 Å². The maximum Gasteiger partial charge on any atom is 0.124 e. The Morgan fingerprint density at radius 3 is 3.00 bits per heavy atom. The molecule has 1 aliphatic heterocycles. The maximum atomic E-state index is 6.04. The fraction of sp³-hybridized carbons (Fsp3) is 0.400. The van der Waals surface area contributed by atoms with Crippen LogP contribution < -0.4 is 10.5 Å². The van der Waals surface area contributed by atoms with E-state index in [1.165, 1.54) is 3.57 Å². The molecule has 2 rings (SSSR count). The standard InChI is InChI=1S/C10H12INO/c1-2-8-10(12)7-5-6(11)3-4-9(7)13-8/h3-5,8,10H,2,12H2,1H3. The van der Waals surface area contributed by atoms with E-state index in [2.05, 4.69) is 35.6 Å². The van der Waals surface area contributed by atoms with Crippen LogP contribution in [0.15, 0.2) is 18.2 Å². The van der Waals surface area contributed by atoms with Crippen LogP contribution in [0, 0.1) is 3.57 Å². The van der Waals surface area contributed by atoms with Crippen LogP contribution in [-0.2, 0) is 0 Å². The Morgan fingerprint density at radius 2 is 2.31 bits per heavy atom. The summed E-state index contributed by atoms with van der Waals surface area (Å²) in [6.07, 6.45) is 1.13. The van der Waals surface area contributed by atoms with Gasteiger partial charge in [-0.1, -0.05) is 6.92 Å². The quantitative estimate of drug-likeness (QED) is 0.806. The molecule has 0 bridgehead atoms. The van der Waals surface area contributed by atoms with Crippen LogP contribution in [0.1, 0.15) is 24.9 Å². The SMILES string of the molecule is CCC1Oc2ccc(I)cc2C1N. The molecule has 0 amide bonds. The largest absolute Gasteiger partial charge is 0.488 e. The molecule has 1 aromatic rings. The van der Waals surface area contributed by atoms with Crippen molar-refractivity contribution in [2.24, 2.45) is 5.73 Å². The van der Waals surface area contributed by atoms with Gasteiger partial charge < -0.3 is 10.5 Å². The minimum Gasteiger partial charge on any atom is -0.488 e. The van der Waals surface area contributed by atoms with Crippen LogP contribution in [0.25, 0.3) is 0 Å². The van der Waals surface area contributed by atoms with Crippen molar-refractivity contribution in [3.63, 3.8) is 0 Å². The van der Waals surface area contributed by atoms with Gasteiger partial charge in [0.15, 0.2) is 0 Å². The lowest BCUT2D eigenvalue weighted by Gasteiger charge is -2.11. The van der Waals surface area contributed by atoms with E-state index >= 15 is 0 Å². The molecule has 0 saturated heterocycles. The van der Waals surface area contributed by atoms with Gasteiger partial charge in [0.25, 0.3) is 0 Å². The van der Waals surface area contributed by atoms with E-state index in [1.807, 2.05) is 12.1 Å². The highest BCUT2D eigenvalue weighted by Gasteiger charge is 2.29. The van der Waals surface area contributed by atoms with Gasteiger partial charge in [-0.3, -0.25) is 0 Å². The summed E-state index contributed by atoms with van der Waals surface area (Å²) in [5.74, 6) is 0.958. The molecule has 0 fully saturated rings. The van der Waals surface area contributed by atoms with Crippen molar-refractivity contribution in [3.05, 3.63) is 27.3 Å². The summed E-state index contributed by atoms with van der Waals surface area (Å²) in [4.78, 5) is 0. The fourth-order valence-electron chi connectivity index (χ4n) is 1.66. The monoisotopic (exact) mass is 289 g/mol. The predicted molar refractivity (Wildman–Crippen MR) is 60.8 cm³/mol. The van der Waals surface area contributed by atoms with Gasteiger partial charge in [-0.05, 0) is 47.2 Å². The second-order valence-corrected chi connectivity index (χ2v) is 4.52. The number of halogens is 1. The summed E-state index contributed by atoms with van der Waals surface area (Å²) in [6.45, 7) is 2.10. The Kier molecular flexibility index (Phi) is 2.47. The van der Waals surface area contributed by atoms with Crippen LogP contribution >= 0.6 is 22.6 Å². The highest BCUT2D eigenvalue weighted by atomic mass is 127. The van der Waals surface area contributed by atoms with Gasteiger partial charge in [0.05, 0.1) is 6.04 Å². The van der Waals surface area contributed by atoms with Crippen LogP contribution in [0.2, 0.25) is 0 Å². The smallest absolute Gasteiger partial charge is 0.124 e. The summed E-state index contributed by atoms with van der Waals surface area (Å²) in [6, 6.07) is 6.21. The minimum atomic E-state index is 0.0507. The van der Waals surface area contributed by atoms with E-state index in [4.69, 9.17) is 10.5 Å². The Hall–Kier alpha value is -0.290. The zero-order valence-electron chi connectivity index (χ0n) is 7.46. The summed E-state index contributed by atoms with van der Waals surface area (Å²) in [7, 11) is 0. The average Bonchev–Trinajstić information content (AvgIpc) is 2.44. The van der Waals surface area contributed by atoms with Crippen molar-refractivity contribution in [2.45, 2.75) is 25.5 Å². The number of rotatable bonds is 1. The molecule has 1 aromatic carbocycles. The highest BCUT2D eigenvalue weighted by molar-refractivity contribution is 14.1. The van der Waals surface area contributed by atoms with Gasteiger partial charge >= 0.3 is 0 Å².